The largest absolute Gasteiger partial charge is 0.334 e. The third kappa shape index (κ3) is 3.06. The second-order valence-electron chi connectivity index (χ2n) is 6.44. The van der Waals surface area contributed by atoms with Gasteiger partial charge in [-0.15, -0.1) is 0 Å². The molecule has 1 atom stereocenters. The van der Waals surface area contributed by atoms with Crippen molar-refractivity contribution >= 4 is 11.6 Å². The summed E-state index contributed by atoms with van der Waals surface area (Å²) in [5.41, 5.74) is 2.15. The summed E-state index contributed by atoms with van der Waals surface area (Å²) in [6.07, 6.45) is 0.229. The van der Waals surface area contributed by atoms with E-state index in [2.05, 4.69) is 16.2 Å². The first kappa shape index (κ1) is 16.9. The molecule has 0 radical (unpaired) electrons. The molecule has 1 aromatic heterocycles. The highest BCUT2D eigenvalue weighted by Gasteiger charge is 2.35. The van der Waals surface area contributed by atoms with E-state index in [0.29, 0.717) is 40.6 Å². The number of amides is 1. The van der Waals surface area contributed by atoms with Crippen LogP contribution in [0.2, 0.25) is 0 Å². The molecule has 7 heteroatoms. The van der Waals surface area contributed by atoms with Gasteiger partial charge in [0.1, 0.15) is 5.82 Å². The number of rotatable bonds is 3. The van der Waals surface area contributed by atoms with Crippen LogP contribution >= 0.6 is 0 Å². The van der Waals surface area contributed by atoms with E-state index < -0.39 is 0 Å². The van der Waals surface area contributed by atoms with Crippen molar-refractivity contribution in [1.82, 2.24) is 10.1 Å². The summed E-state index contributed by atoms with van der Waals surface area (Å²) >= 11 is 0. The van der Waals surface area contributed by atoms with Crippen LogP contribution in [0.5, 0.6) is 0 Å². The van der Waals surface area contributed by atoms with Gasteiger partial charge in [0, 0.05) is 35.7 Å². The van der Waals surface area contributed by atoms with Crippen LogP contribution in [0.15, 0.2) is 47.0 Å². The Hall–Kier alpha value is -3.53. The molecule has 1 amide bonds. The molecule has 0 spiro atoms. The molecule has 27 heavy (non-hydrogen) atoms. The summed E-state index contributed by atoms with van der Waals surface area (Å²) in [4.78, 5) is 18.4. The van der Waals surface area contributed by atoms with Gasteiger partial charge in [0.2, 0.25) is 5.91 Å². The maximum absolute atomic E-state index is 13.8. The SMILES string of the molecule is Cc1c(F)cccc1N1CC(c2noc(-c3cccc(C#N)c3)n2)CC1=O. The molecule has 0 saturated carbocycles. The molecular weight excluding hydrogens is 347 g/mol. The van der Waals surface area contributed by atoms with Gasteiger partial charge in [-0.1, -0.05) is 17.3 Å². The van der Waals surface area contributed by atoms with Crippen LogP contribution in [-0.4, -0.2) is 22.6 Å². The van der Waals surface area contributed by atoms with E-state index in [-0.39, 0.29) is 24.1 Å². The van der Waals surface area contributed by atoms with Crippen LogP contribution in [0.4, 0.5) is 10.1 Å². The van der Waals surface area contributed by atoms with Crippen LogP contribution in [0.3, 0.4) is 0 Å². The normalized spacial score (nSPS) is 16.6. The molecule has 1 aliphatic rings. The minimum Gasteiger partial charge on any atom is -0.334 e. The predicted molar refractivity (Wildman–Crippen MR) is 95.3 cm³/mol. The number of hydrogen-bond donors (Lipinski definition) is 0. The Morgan fingerprint density at radius 3 is 2.93 bits per heavy atom. The fourth-order valence-corrected chi connectivity index (χ4v) is 3.24. The molecule has 1 unspecified atom stereocenters. The zero-order chi connectivity index (χ0) is 19.0. The molecule has 1 fully saturated rings. The molecule has 0 aliphatic carbocycles. The molecule has 6 nitrogen and oxygen atoms in total. The second-order valence-corrected chi connectivity index (χ2v) is 6.44. The van der Waals surface area contributed by atoms with E-state index in [9.17, 15) is 9.18 Å². The van der Waals surface area contributed by atoms with E-state index in [0.717, 1.165) is 0 Å². The molecule has 4 rings (SSSR count). The number of halogens is 1. The minimum absolute atomic E-state index is 0.105. The first-order valence-electron chi connectivity index (χ1n) is 8.46. The number of carbonyl (C=O) groups is 1. The summed E-state index contributed by atoms with van der Waals surface area (Å²) in [6.45, 7) is 2.01. The van der Waals surface area contributed by atoms with E-state index in [1.165, 1.54) is 6.07 Å². The van der Waals surface area contributed by atoms with E-state index in [1.807, 2.05) is 0 Å². The molecule has 134 valence electrons. The number of benzene rings is 2. The second kappa shape index (κ2) is 6.65. The monoisotopic (exact) mass is 362 g/mol. The first-order valence-corrected chi connectivity index (χ1v) is 8.46. The lowest BCUT2D eigenvalue weighted by atomic mass is 10.1. The van der Waals surface area contributed by atoms with E-state index in [1.54, 1.807) is 48.2 Å². The number of anilines is 1. The Kier molecular flexibility index (Phi) is 4.16. The molecule has 2 heterocycles. The highest BCUT2D eigenvalue weighted by Crippen LogP contribution is 2.33. The van der Waals surface area contributed by atoms with Crippen LogP contribution in [-0.2, 0) is 4.79 Å². The quantitative estimate of drug-likeness (QED) is 0.711. The summed E-state index contributed by atoms with van der Waals surface area (Å²) in [5, 5.41) is 13.0. The Bertz CT molecular complexity index is 1070. The molecule has 3 aromatic rings. The third-order valence-electron chi connectivity index (χ3n) is 4.70. The predicted octanol–water partition coefficient (Wildman–Crippen LogP) is 3.58. The first-order chi connectivity index (χ1) is 13.1. The van der Waals surface area contributed by atoms with Gasteiger partial charge in [0.15, 0.2) is 5.82 Å². The van der Waals surface area contributed by atoms with Crippen molar-refractivity contribution in [2.75, 3.05) is 11.4 Å². The standard InChI is InChI=1S/C20H15FN4O2/c1-12-16(21)6-3-7-17(12)25-11-15(9-18(25)26)19-23-20(27-24-19)14-5-2-4-13(8-14)10-22/h2-8,15H,9,11H2,1H3. The van der Waals surface area contributed by atoms with Crippen molar-refractivity contribution in [3.63, 3.8) is 0 Å². The van der Waals surface area contributed by atoms with Crippen molar-refractivity contribution in [3.8, 4) is 17.5 Å². The summed E-state index contributed by atoms with van der Waals surface area (Å²) < 4.78 is 19.2. The zero-order valence-electron chi connectivity index (χ0n) is 14.5. The Morgan fingerprint density at radius 2 is 2.11 bits per heavy atom. The van der Waals surface area contributed by atoms with Gasteiger partial charge in [-0.2, -0.15) is 10.2 Å². The molecule has 0 bridgehead atoms. The summed E-state index contributed by atoms with van der Waals surface area (Å²) in [6, 6.07) is 13.6. The fraction of sp³-hybridized carbons (Fsp3) is 0.200. The molecule has 1 saturated heterocycles. The van der Waals surface area contributed by atoms with Crippen LogP contribution in [0, 0.1) is 24.1 Å². The maximum Gasteiger partial charge on any atom is 0.257 e. The van der Waals surface area contributed by atoms with E-state index in [4.69, 9.17) is 9.78 Å². The topological polar surface area (TPSA) is 83.0 Å². The van der Waals surface area contributed by atoms with Gasteiger partial charge in [-0.05, 0) is 37.3 Å². The Morgan fingerprint density at radius 1 is 1.30 bits per heavy atom. The van der Waals surface area contributed by atoms with Gasteiger partial charge < -0.3 is 9.42 Å². The molecule has 2 aromatic carbocycles. The average molecular weight is 362 g/mol. The summed E-state index contributed by atoms with van der Waals surface area (Å²) in [5.74, 6) is 0.0403. The average Bonchev–Trinajstić information content (AvgIpc) is 3.31. The fourth-order valence-electron chi connectivity index (χ4n) is 3.24. The lowest BCUT2D eigenvalue weighted by molar-refractivity contribution is -0.117. The lowest BCUT2D eigenvalue weighted by Gasteiger charge is -2.18. The minimum atomic E-state index is -0.344. The number of carbonyl (C=O) groups excluding carboxylic acids is 1. The Labute approximate surface area is 154 Å². The van der Waals surface area contributed by atoms with Gasteiger partial charge in [-0.3, -0.25) is 4.79 Å². The molecule has 1 aliphatic heterocycles. The van der Waals surface area contributed by atoms with Gasteiger partial charge in [-0.25, -0.2) is 4.39 Å². The van der Waals surface area contributed by atoms with Crippen LogP contribution < -0.4 is 4.90 Å². The number of hydrogen-bond acceptors (Lipinski definition) is 5. The van der Waals surface area contributed by atoms with Crippen molar-refractivity contribution in [1.29, 1.82) is 5.26 Å². The molecular formula is C20H15FN4O2. The van der Waals surface area contributed by atoms with Crippen molar-refractivity contribution in [3.05, 3.63) is 65.2 Å². The highest BCUT2D eigenvalue weighted by molar-refractivity contribution is 5.97. The smallest absolute Gasteiger partial charge is 0.257 e. The summed E-state index contributed by atoms with van der Waals surface area (Å²) in [7, 11) is 0. The van der Waals surface area contributed by atoms with Crippen molar-refractivity contribution in [2.24, 2.45) is 0 Å². The number of aromatic nitrogens is 2. The number of nitrogens with zero attached hydrogens (tertiary/aromatic N) is 4. The van der Waals surface area contributed by atoms with Gasteiger partial charge in [0.25, 0.3) is 5.89 Å². The van der Waals surface area contributed by atoms with Gasteiger partial charge in [0.05, 0.1) is 11.6 Å². The lowest BCUT2D eigenvalue weighted by Crippen LogP contribution is -2.25. The maximum atomic E-state index is 13.8. The van der Waals surface area contributed by atoms with Crippen LogP contribution in [0.25, 0.3) is 11.5 Å². The molecule has 0 N–H and O–H groups in total. The van der Waals surface area contributed by atoms with E-state index >= 15 is 0 Å². The van der Waals surface area contributed by atoms with Crippen LogP contribution in [0.1, 0.15) is 29.3 Å². The zero-order valence-corrected chi connectivity index (χ0v) is 14.5. The Balaban J connectivity index is 1.59. The number of nitriles is 1. The van der Waals surface area contributed by atoms with Gasteiger partial charge >= 0.3 is 0 Å². The third-order valence-corrected chi connectivity index (χ3v) is 4.70. The van der Waals surface area contributed by atoms with Crippen molar-refractivity contribution in [2.45, 2.75) is 19.3 Å². The van der Waals surface area contributed by atoms with Crippen molar-refractivity contribution < 1.29 is 13.7 Å². The highest BCUT2D eigenvalue weighted by atomic mass is 19.1.